The Bertz CT molecular complexity index is 788. The van der Waals surface area contributed by atoms with Crippen LogP contribution in [0.4, 0.5) is 0 Å². The van der Waals surface area contributed by atoms with Crippen LogP contribution in [0, 0.1) is 0 Å². The fourth-order valence-electron chi connectivity index (χ4n) is 2.91. The second-order valence-corrected chi connectivity index (χ2v) is 5.75. The van der Waals surface area contributed by atoms with Crippen molar-refractivity contribution in [3.8, 4) is 11.6 Å². The first-order valence-electron chi connectivity index (χ1n) is 8.05. The molecular weight excluding hydrogens is 308 g/mol. The zero-order valence-electron chi connectivity index (χ0n) is 14.3. The largest absolute Gasteiger partial charge is 0.485 e. The topological polar surface area (TPSA) is 69.5 Å². The number of rotatable bonds is 4. The Morgan fingerprint density at radius 3 is 3.00 bits per heavy atom. The van der Waals surface area contributed by atoms with Gasteiger partial charge in [0, 0.05) is 44.9 Å². The molecule has 0 unspecified atom stereocenters. The number of ether oxygens (including phenoxy) is 2. The van der Waals surface area contributed by atoms with Gasteiger partial charge in [-0.3, -0.25) is 14.3 Å². The van der Waals surface area contributed by atoms with Crippen LogP contribution in [0.15, 0.2) is 23.1 Å². The van der Waals surface area contributed by atoms with E-state index in [1.807, 2.05) is 19.1 Å². The minimum atomic E-state index is -0.113. The van der Waals surface area contributed by atoms with E-state index in [4.69, 9.17) is 9.47 Å². The summed E-state index contributed by atoms with van der Waals surface area (Å²) < 4.78 is 12.6. The summed E-state index contributed by atoms with van der Waals surface area (Å²) in [6, 6.07) is 3.89. The number of methoxy groups -OCH3 is 1. The standard InChI is InChI=1S/C17H22N4O3/c1-4-14-19-13-11-21(8-9-24-15(13)17(22)20(14)2)10-12-6-5-7-18-16(12)23-3/h5-7H,4,8-11H2,1-3H3. The summed E-state index contributed by atoms with van der Waals surface area (Å²) in [6.45, 7) is 4.38. The van der Waals surface area contributed by atoms with Gasteiger partial charge in [-0.2, -0.15) is 0 Å². The molecule has 0 spiro atoms. The smallest absolute Gasteiger partial charge is 0.295 e. The molecule has 0 atom stereocenters. The SMILES string of the molecule is CCc1nc2c(c(=O)n1C)OCCN(Cc1cccnc1OC)C2. The third kappa shape index (κ3) is 3.12. The first-order valence-corrected chi connectivity index (χ1v) is 8.05. The molecule has 7 nitrogen and oxygen atoms in total. The second kappa shape index (κ2) is 7.00. The lowest BCUT2D eigenvalue weighted by Crippen LogP contribution is -2.27. The molecule has 7 heteroatoms. The lowest BCUT2D eigenvalue weighted by atomic mass is 10.2. The van der Waals surface area contributed by atoms with Crippen LogP contribution in [0.25, 0.3) is 0 Å². The van der Waals surface area contributed by atoms with Gasteiger partial charge in [0.1, 0.15) is 18.1 Å². The Morgan fingerprint density at radius 1 is 1.42 bits per heavy atom. The highest BCUT2D eigenvalue weighted by Crippen LogP contribution is 2.21. The van der Waals surface area contributed by atoms with Crippen molar-refractivity contribution >= 4 is 0 Å². The van der Waals surface area contributed by atoms with E-state index in [1.165, 1.54) is 0 Å². The number of aromatic nitrogens is 3. The Kier molecular flexibility index (Phi) is 4.80. The number of nitrogens with zero attached hydrogens (tertiary/aromatic N) is 4. The van der Waals surface area contributed by atoms with E-state index in [0.29, 0.717) is 50.0 Å². The third-order valence-corrected chi connectivity index (χ3v) is 4.19. The van der Waals surface area contributed by atoms with Crippen molar-refractivity contribution < 1.29 is 9.47 Å². The van der Waals surface area contributed by atoms with Gasteiger partial charge in [-0.05, 0) is 6.07 Å². The predicted octanol–water partition coefficient (Wildman–Crippen LogP) is 1.14. The van der Waals surface area contributed by atoms with E-state index < -0.39 is 0 Å². The summed E-state index contributed by atoms with van der Waals surface area (Å²) in [6.07, 6.45) is 2.41. The van der Waals surface area contributed by atoms with E-state index in [1.54, 1.807) is 24.9 Å². The molecule has 0 aliphatic carbocycles. The predicted molar refractivity (Wildman–Crippen MR) is 89.3 cm³/mol. The Hall–Kier alpha value is -2.41. The zero-order valence-corrected chi connectivity index (χ0v) is 14.3. The van der Waals surface area contributed by atoms with Gasteiger partial charge in [-0.15, -0.1) is 0 Å². The lowest BCUT2D eigenvalue weighted by molar-refractivity contribution is 0.215. The van der Waals surface area contributed by atoms with Crippen molar-refractivity contribution in [3.05, 3.63) is 45.8 Å². The average Bonchev–Trinajstić information content (AvgIpc) is 2.80. The van der Waals surface area contributed by atoms with Gasteiger partial charge in [0.25, 0.3) is 5.56 Å². The molecule has 2 aromatic heterocycles. The Morgan fingerprint density at radius 2 is 2.25 bits per heavy atom. The summed E-state index contributed by atoms with van der Waals surface area (Å²) in [4.78, 5) is 23.5. The summed E-state index contributed by atoms with van der Waals surface area (Å²) >= 11 is 0. The first-order chi connectivity index (χ1) is 11.6. The normalized spacial score (nSPS) is 14.6. The highest BCUT2D eigenvalue weighted by Gasteiger charge is 2.22. The van der Waals surface area contributed by atoms with Gasteiger partial charge in [0.05, 0.1) is 7.11 Å². The van der Waals surface area contributed by atoms with Crippen LogP contribution in [-0.4, -0.2) is 39.7 Å². The fraction of sp³-hybridized carbons (Fsp3) is 0.471. The van der Waals surface area contributed by atoms with E-state index in [2.05, 4.69) is 14.9 Å². The first kappa shape index (κ1) is 16.4. The number of pyridine rings is 1. The van der Waals surface area contributed by atoms with Gasteiger partial charge >= 0.3 is 0 Å². The number of hydrogen-bond donors (Lipinski definition) is 0. The molecule has 0 N–H and O–H groups in total. The maximum absolute atomic E-state index is 12.5. The van der Waals surface area contributed by atoms with Crippen molar-refractivity contribution in [1.82, 2.24) is 19.4 Å². The van der Waals surface area contributed by atoms with Crippen LogP contribution in [0.5, 0.6) is 11.6 Å². The van der Waals surface area contributed by atoms with E-state index in [-0.39, 0.29) is 5.56 Å². The lowest BCUT2D eigenvalue weighted by Gasteiger charge is -2.20. The summed E-state index contributed by atoms with van der Waals surface area (Å²) in [7, 11) is 3.35. The maximum Gasteiger partial charge on any atom is 0.295 e. The van der Waals surface area contributed by atoms with Gasteiger partial charge in [0.15, 0.2) is 0 Å². The molecule has 0 bridgehead atoms. The van der Waals surface area contributed by atoms with Crippen molar-refractivity contribution in [2.45, 2.75) is 26.4 Å². The summed E-state index contributed by atoms with van der Waals surface area (Å²) in [5.74, 6) is 1.76. The maximum atomic E-state index is 12.5. The molecule has 0 fully saturated rings. The molecule has 0 saturated carbocycles. The summed E-state index contributed by atoms with van der Waals surface area (Å²) in [5, 5.41) is 0. The Labute approximate surface area is 140 Å². The molecule has 0 amide bonds. The van der Waals surface area contributed by atoms with E-state index in [0.717, 1.165) is 11.4 Å². The molecule has 1 aliphatic heterocycles. The number of hydrogen-bond acceptors (Lipinski definition) is 6. The molecular formula is C17H22N4O3. The second-order valence-electron chi connectivity index (χ2n) is 5.75. The van der Waals surface area contributed by atoms with Crippen molar-refractivity contribution in [1.29, 1.82) is 0 Å². The highest BCUT2D eigenvalue weighted by molar-refractivity contribution is 5.28. The third-order valence-electron chi connectivity index (χ3n) is 4.19. The van der Waals surface area contributed by atoms with Gasteiger partial charge in [0.2, 0.25) is 11.6 Å². The monoisotopic (exact) mass is 330 g/mol. The molecule has 0 radical (unpaired) electrons. The average molecular weight is 330 g/mol. The van der Waals surface area contributed by atoms with Crippen LogP contribution in [-0.2, 0) is 26.6 Å². The molecule has 1 aliphatic rings. The molecule has 24 heavy (non-hydrogen) atoms. The quantitative estimate of drug-likeness (QED) is 0.837. The van der Waals surface area contributed by atoms with Crippen molar-refractivity contribution in [3.63, 3.8) is 0 Å². The molecule has 3 heterocycles. The van der Waals surface area contributed by atoms with Crippen LogP contribution in [0.1, 0.15) is 24.0 Å². The highest BCUT2D eigenvalue weighted by atomic mass is 16.5. The molecule has 0 aromatic carbocycles. The van der Waals surface area contributed by atoms with Crippen LogP contribution >= 0.6 is 0 Å². The van der Waals surface area contributed by atoms with Gasteiger partial charge in [-0.25, -0.2) is 9.97 Å². The zero-order chi connectivity index (χ0) is 17.1. The van der Waals surface area contributed by atoms with Crippen molar-refractivity contribution in [2.75, 3.05) is 20.3 Å². The van der Waals surface area contributed by atoms with Crippen LogP contribution < -0.4 is 15.0 Å². The van der Waals surface area contributed by atoms with E-state index in [9.17, 15) is 4.79 Å². The Balaban J connectivity index is 1.90. The molecule has 0 saturated heterocycles. The molecule has 2 aromatic rings. The molecule has 128 valence electrons. The number of aryl methyl sites for hydroxylation is 1. The molecule has 3 rings (SSSR count). The van der Waals surface area contributed by atoms with Crippen molar-refractivity contribution in [2.24, 2.45) is 7.05 Å². The minimum absolute atomic E-state index is 0.113. The minimum Gasteiger partial charge on any atom is -0.485 e. The van der Waals surface area contributed by atoms with E-state index >= 15 is 0 Å². The fourth-order valence-corrected chi connectivity index (χ4v) is 2.91. The van der Waals surface area contributed by atoms with Crippen LogP contribution in [0.2, 0.25) is 0 Å². The van der Waals surface area contributed by atoms with Crippen LogP contribution in [0.3, 0.4) is 0 Å². The van der Waals surface area contributed by atoms with Gasteiger partial charge < -0.3 is 9.47 Å². The van der Waals surface area contributed by atoms with Gasteiger partial charge in [-0.1, -0.05) is 13.0 Å². The summed E-state index contributed by atoms with van der Waals surface area (Å²) in [5.41, 5.74) is 1.59. The number of fused-ring (bicyclic) bond motifs is 1.